The van der Waals surface area contributed by atoms with Gasteiger partial charge in [0.15, 0.2) is 5.58 Å². The molecule has 1 saturated heterocycles. The highest BCUT2D eigenvalue weighted by atomic mass is 32.2. The Bertz CT molecular complexity index is 870. The molecule has 0 bridgehead atoms. The van der Waals surface area contributed by atoms with Crippen LogP contribution in [0.1, 0.15) is 17.7 Å². The van der Waals surface area contributed by atoms with Crippen molar-refractivity contribution in [2.24, 2.45) is 0 Å². The van der Waals surface area contributed by atoms with Crippen molar-refractivity contribution in [3.63, 3.8) is 0 Å². The summed E-state index contributed by atoms with van der Waals surface area (Å²) in [7, 11) is 0. The van der Waals surface area contributed by atoms with Gasteiger partial charge in [0.2, 0.25) is 6.29 Å². The van der Waals surface area contributed by atoms with Gasteiger partial charge in [0.05, 0.1) is 41.6 Å². The summed E-state index contributed by atoms with van der Waals surface area (Å²) < 4.78 is 21.6. The van der Waals surface area contributed by atoms with Crippen LogP contribution in [0, 0.1) is 10.1 Å². The van der Waals surface area contributed by atoms with Crippen molar-refractivity contribution in [1.29, 1.82) is 0 Å². The van der Waals surface area contributed by atoms with E-state index in [1.54, 1.807) is 12.3 Å². The second-order valence-corrected chi connectivity index (χ2v) is 6.10. The van der Waals surface area contributed by atoms with Gasteiger partial charge in [-0.15, -0.1) is 11.8 Å². The standard InChI is InChI=1S/C15H12N2O6S/c18-17(19)9-6-11-13(14(16-23-11)15-21-4-5-22-15)12(7-9)24-8-10-2-1-3-20-10/h1-3,6-7,15H,4-5,8H2. The highest BCUT2D eigenvalue weighted by Crippen LogP contribution is 2.39. The Morgan fingerprint density at radius 3 is 2.88 bits per heavy atom. The first kappa shape index (κ1) is 15.2. The second kappa shape index (κ2) is 6.27. The van der Waals surface area contributed by atoms with E-state index in [1.165, 1.54) is 23.9 Å². The van der Waals surface area contributed by atoms with Crippen molar-refractivity contribution in [3.05, 3.63) is 52.1 Å². The molecular weight excluding hydrogens is 336 g/mol. The van der Waals surface area contributed by atoms with Crippen molar-refractivity contribution in [1.82, 2.24) is 5.16 Å². The lowest BCUT2D eigenvalue weighted by Crippen LogP contribution is -1.99. The third kappa shape index (κ3) is 2.77. The molecule has 0 saturated carbocycles. The number of non-ortho nitro benzene ring substituents is 1. The lowest BCUT2D eigenvalue weighted by molar-refractivity contribution is -0.385. The number of rotatable bonds is 5. The van der Waals surface area contributed by atoms with Crippen LogP contribution >= 0.6 is 11.8 Å². The van der Waals surface area contributed by atoms with E-state index in [0.29, 0.717) is 40.5 Å². The number of hydrogen-bond donors (Lipinski definition) is 0. The van der Waals surface area contributed by atoms with Crippen LogP contribution in [0.5, 0.6) is 0 Å². The molecule has 0 spiro atoms. The quantitative estimate of drug-likeness (QED) is 0.391. The fraction of sp³-hybridized carbons (Fsp3) is 0.267. The average Bonchev–Trinajstić information content (AvgIpc) is 3.31. The zero-order valence-corrected chi connectivity index (χ0v) is 13.2. The summed E-state index contributed by atoms with van der Waals surface area (Å²) in [5.41, 5.74) is 0.778. The first-order valence-electron chi connectivity index (χ1n) is 7.18. The number of aromatic nitrogens is 1. The molecule has 0 amide bonds. The fourth-order valence-corrected chi connectivity index (χ4v) is 3.50. The van der Waals surface area contributed by atoms with Gasteiger partial charge in [-0.3, -0.25) is 10.1 Å². The molecule has 0 unspecified atom stereocenters. The molecule has 9 heteroatoms. The minimum absolute atomic E-state index is 0.0552. The zero-order valence-electron chi connectivity index (χ0n) is 12.3. The summed E-state index contributed by atoms with van der Waals surface area (Å²) in [6, 6.07) is 6.51. The molecule has 24 heavy (non-hydrogen) atoms. The molecular formula is C15H12N2O6S. The zero-order chi connectivity index (χ0) is 16.5. The second-order valence-electron chi connectivity index (χ2n) is 5.08. The number of hydrogen-bond acceptors (Lipinski definition) is 8. The lowest BCUT2D eigenvalue weighted by Gasteiger charge is -2.07. The van der Waals surface area contributed by atoms with Gasteiger partial charge in [0.1, 0.15) is 11.5 Å². The molecule has 2 aromatic heterocycles. The minimum Gasteiger partial charge on any atom is -0.468 e. The number of nitro benzene ring substituents is 1. The van der Waals surface area contributed by atoms with E-state index in [9.17, 15) is 10.1 Å². The van der Waals surface area contributed by atoms with Gasteiger partial charge in [-0.05, 0) is 12.1 Å². The third-order valence-electron chi connectivity index (χ3n) is 3.56. The summed E-state index contributed by atoms with van der Waals surface area (Å²) in [5.74, 6) is 1.30. The topological polar surface area (TPSA) is 101 Å². The molecule has 1 aromatic carbocycles. The maximum Gasteiger partial charge on any atom is 0.274 e. The van der Waals surface area contributed by atoms with E-state index in [2.05, 4.69) is 5.16 Å². The van der Waals surface area contributed by atoms with Gasteiger partial charge < -0.3 is 18.4 Å². The predicted octanol–water partition coefficient (Wildman–Crippen LogP) is 3.67. The SMILES string of the molecule is O=[N+]([O-])c1cc(SCc2ccco2)c2c(C3OCCO3)noc2c1. The van der Waals surface area contributed by atoms with E-state index in [0.717, 1.165) is 5.76 Å². The van der Waals surface area contributed by atoms with Gasteiger partial charge in [0.25, 0.3) is 5.69 Å². The number of benzene rings is 1. The first-order valence-corrected chi connectivity index (χ1v) is 8.17. The minimum atomic E-state index is -0.615. The van der Waals surface area contributed by atoms with E-state index in [-0.39, 0.29) is 5.69 Å². The first-order chi connectivity index (χ1) is 11.7. The van der Waals surface area contributed by atoms with E-state index in [1.807, 2.05) is 6.07 Å². The molecule has 8 nitrogen and oxygen atoms in total. The summed E-state index contributed by atoms with van der Waals surface area (Å²) >= 11 is 1.41. The van der Waals surface area contributed by atoms with Gasteiger partial charge in [0, 0.05) is 11.0 Å². The van der Waals surface area contributed by atoms with Crippen LogP contribution in [-0.2, 0) is 15.2 Å². The maximum absolute atomic E-state index is 11.2. The molecule has 1 fully saturated rings. The third-order valence-corrected chi connectivity index (χ3v) is 4.62. The largest absolute Gasteiger partial charge is 0.468 e. The molecule has 1 aliphatic rings. The van der Waals surface area contributed by atoms with E-state index < -0.39 is 11.2 Å². The van der Waals surface area contributed by atoms with Crippen LogP contribution < -0.4 is 0 Å². The Morgan fingerprint density at radius 2 is 2.17 bits per heavy atom. The van der Waals surface area contributed by atoms with Crippen LogP contribution in [0.3, 0.4) is 0 Å². The van der Waals surface area contributed by atoms with Gasteiger partial charge >= 0.3 is 0 Å². The fourth-order valence-electron chi connectivity index (χ4n) is 2.48. The number of furan rings is 1. The average molecular weight is 348 g/mol. The maximum atomic E-state index is 11.2. The van der Waals surface area contributed by atoms with E-state index >= 15 is 0 Å². The van der Waals surface area contributed by atoms with Crippen LogP contribution in [-0.4, -0.2) is 23.3 Å². The highest BCUT2D eigenvalue weighted by molar-refractivity contribution is 7.98. The monoisotopic (exact) mass is 348 g/mol. The predicted molar refractivity (Wildman–Crippen MR) is 83.6 cm³/mol. The number of nitro groups is 1. The molecule has 1 aliphatic heterocycles. The normalized spacial score (nSPS) is 15.3. The Kier molecular flexibility index (Phi) is 3.97. The van der Waals surface area contributed by atoms with Crippen molar-refractivity contribution in [2.75, 3.05) is 13.2 Å². The van der Waals surface area contributed by atoms with Crippen LogP contribution in [0.2, 0.25) is 0 Å². The highest BCUT2D eigenvalue weighted by Gasteiger charge is 2.28. The van der Waals surface area contributed by atoms with Crippen molar-refractivity contribution in [2.45, 2.75) is 16.9 Å². The summed E-state index contributed by atoms with van der Waals surface area (Å²) in [6.45, 7) is 0.946. The summed E-state index contributed by atoms with van der Waals surface area (Å²) in [6.07, 6.45) is 0.972. The van der Waals surface area contributed by atoms with Crippen molar-refractivity contribution < 1.29 is 23.3 Å². The molecule has 4 rings (SSSR count). The van der Waals surface area contributed by atoms with Crippen molar-refractivity contribution in [3.8, 4) is 0 Å². The molecule has 0 N–H and O–H groups in total. The van der Waals surface area contributed by atoms with Gasteiger partial charge in [-0.25, -0.2) is 0 Å². The number of nitrogens with zero attached hydrogens (tertiary/aromatic N) is 2. The van der Waals surface area contributed by atoms with Gasteiger partial charge in [-0.1, -0.05) is 5.16 Å². The van der Waals surface area contributed by atoms with Crippen LogP contribution in [0.25, 0.3) is 11.0 Å². The van der Waals surface area contributed by atoms with Crippen molar-refractivity contribution >= 4 is 28.4 Å². The van der Waals surface area contributed by atoms with Gasteiger partial charge in [-0.2, -0.15) is 0 Å². The molecule has 3 heterocycles. The Labute approximate surface area is 139 Å². The molecule has 0 atom stereocenters. The Hall–Kier alpha value is -2.36. The Balaban J connectivity index is 1.77. The summed E-state index contributed by atoms with van der Waals surface area (Å²) in [5, 5.41) is 15.8. The molecule has 0 aliphatic carbocycles. The summed E-state index contributed by atoms with van der Waals surface area (Å²) in [4.78, 5) is 11.4. The van der Waals surface area contributed by atoms with E-state index in [4.69, 9.17) is 18.4 Å². The number of ether oxygens (including phenoxy) is 2. The molecule has 124 valence electrons. The number of thioether (sulfide) groups is 1. The molecule has 0 radical (unpaired) electrons. The smallest absolute Gasteiger partial charge is 0.274 e. The molecule has 3 aromatic rings. The number of fused-ring (bicyclic) bond motifs is 1. The van der Waals surface area contributed by atoms with Crippen LogP contribution in [0.4, 0.5) is 5.69 Å². The lowest BCUT2D eigenvalue weighted by atomic mass is 10.2. The van der Waals surface area contributed by atoms with Crippen LogP contribution in [0.15, 0.2) is 44.4 Å². The Morgan fingerprint density at radius 1 is 1.33 bits per heavy atom.